The van der Waals surface area contributed by atoms with Gasteiger partial charge in [0.15, 0.2) is 10.9 Å². The van der Waals surface area contributed by atoms with Crippen molar-refractivity contribution in [1.29, 1.82) is 0 Å². The van der Waals surface area contributed by atoms with Gasteiger partial charge in [-0.2, -0.15) is 0 Å². The molecule has 0 unspecified atom stereocenters. The van der Waals surface area contributed by atoms with E-state index in [9.17, 15) is 9.59 Å². The number of aromatic amines is 1. The molecule has 0 aliphatic carbocycles. The molecule has 0 aliphatic heterocycles. The number of Topliss-reactive ketones (excluding diaryl/α,β-unsaturated/α-hetero) is 1. The van der Waals surface area contributed by atoms with Gasteiger partial charge in [0.25, 0.3) is 5.56 Å². The number of hydrogen-bond acceptors (Lipinski definition) is 6. The molecule has 4 rings (SSSR count). The number of thiophene rings is 1. The van der Waals surface area contributed by atoms with Crippen LogP contribution < -0.4 is 10.3 Å². The van der Waals surface area contributed by atoms with Crippen LogP contribution in [0.2, 0.25) is 0 Å². The first-order valence-electron chi connectivity index (χ1n) is 9.53. The van der Waals surface area contributed by atoms with Gasteiger partial charge in [-0.25, -0.2) is 4.98 Å². The molecule has 2 heterocycles. The molecular weight excluding hydrogens is 416 g/mol. The summed E-state index contributed by atoms with van der Waals surface area (Å²) >= 11 is 2.88. The molecule has 5 nitrogen and oxygen atoms in total. The Morgan fingerprint density at radius 1 is 1.20 bits per heavy atom. The fourth-order valence-electron chi connectivity index (χ4n) is 3.18. The number of hydrogen-bond donors (Lipinski definition) is 1. The molecule has 0 saturated carbocycles. The average molecular weight is 437 g/mol. The van der Waals surface area contributed by atoms with Crippen LogP contribution in [0.1, 0.15) is 29.8 Å². The van der Waals surface area contributed by atoms with Crippen molar-refractivity contribution in [2.75, 3.05) is 6.61 Å². The number of carbonyl (C=O) groups is 1. The van der Waals surface area contributed by atoms with Crippen LogP contribution >= 0.6 is 23.1 Å². The number of ketones is 1. The Hall–Kier alpha value is -2.90. The zero-order chi connectivity index (χ0) is 21.1. The Kier molecular flexibility index (Phi) is 6.01. The predicted octanol–water partition coefficient (Wildman–Crippen LogP) is 5.55. The predicted molar refractivity (Wildman–Crippen MR) is 123 cm³/mol. The Labute approximate surface area is 182 Å². The third-order valence-corrected chi connectivity index (χ3v) is 6.43. The molecule has 0 atom stereocenters. The lowest BCUT2D eigenvalue weighted by Crippen LogP contribution is -2.08. The van der Waals surface area contributed by atoms with Gasteiger partial charge in [-0.3, -0.25) is 9.59 Å². The minimum atomic E-state index is -0.148. The highest BCUT2D eigenvalue weighted by molar-refractivity contribution is 7.98. The molecule has 7 heteroatoms. The number of nitrogens with one attached hydrogen (secondary N) is 1. The summed E-state index contributed by atoms with van der Waals surface area (Å²) in [7, 11) is 0. The smallest absolute Gasteiger partial charge is 0.260 e. The molecule has 2 aromatic carbocycles. The van der Waals surface area contributed by atoms with Crippen LogP contribution in [0.15, 0.2) is 63.9 Å². The molecule has 0 spiro atoms. The van der Waals surface area contributed by atoms with Crippen molar-refractivity contribution < 1.29 is 9.53 Å². The van der Waals surface area contributed by atoms with Gasteiger partial charge < -0.3 is 9.72 Å². The standard InChI is InChI=1S/C23H20N2O3S2/c1-3-28-19-10-9-16(14(2)26)11-17(19)12-30-23-24-21(27)20-18(13-29-22(20)25-23)15-7-5-4-6-8-15/h4-11,13H,3,12H2,1-2H3,(H,24,25,27). The molecule has 0 saturated heterocycles. The second kappa shape index (κ2) is 8.85. The number of carbonyl (C=O) groups excluding carboxylic acids is 1. The topological polar surface area (TPSA) is 72.0 Å². The molecule has 0 bridgehead atoms. The number of H-pyrrole nitrogens is 1. The van der Waals surface area contributed by atoms with Gasteiger partial charge in [-0.05, 0) is 37.6 Å². The number of rotatable bonds is 7. The van der Waals surface area contributed by atoms with Crippen LogP contribution in [0.4, 0.5) is 0 Å². The molecule has 0 radical (unpaired) electrons. The first kappa shape index (κ1) is 20.4. The number of thioether (sulfide) groups is 1. The molecule has 0 aliphatic rings. The summed E-state index contributed by atoms with van der Waals surface area (Å²) in [6, 6.07) is 15.3. The van der Waals surface area contributed by atoms with Gasteiger partial charge in [0.1, 0.15) is 10.6 Å². The van der Waals surface area contributed by atoms with Crippen molar-refractivity contribution in [3.8, 4) is 16.9 Å². The van der Waals surface area contributed by atoms with E-state index < -0.39 is 0 Å². The number of ether oxygens (including phenoxy) is 1. The van der Waals surface area contributed by atoms with E-state index in [0.717, 1.165) is 22.4 Å². The van der Waals surface area contributed by atoms with E-state index >= 15 is 0 Å². The Morgan fingerprint density at radius 2 is 2.00 bits per heavy atom. The van der Waals surface area contributed by atoms with Crippen molar-refractivity contribution in [3.63, 3.8) is 0 Å². The number of fused-ring (bicyclic) bond motifs is 1. The van der Waals surface area contributed by atoms with Crippen molar-refractivity contribution >= 4 is 39.1 Å². The first-order chi connectivity index (χ1) is 14.6. The highest BCUT2D eigenvalue weighted by Gasteiger charge is 2.14. The largest absolute Gasteiger partial charge is 0.494 e. The maximum atomic E-state index is 12.8. The molecule has 0 fully saturated rings. The van der Waals surface area contributed by atoms with E-state index in [1.165, 1.54) is 23.1 Å². The second-order valence-electron chi connectivity index (χ2n) is 6.67. The van der Waals surface area contributed by atoms with Crippen LogP contribution in [0.25, 0.3) is 21.3 Å². The van der Waals surface area contributed by atoms with Crippen molar-refractivity contribution in [1.82, 2.24) is 9.97 Å². The van der Waals surface area contributed by atoms with Crippen LogP contribution in [0.3, 0.4) is 0 Å². The van der Waals surface area contributed by atoms with Crippen LogP contribution in [0, 0.1) is 0 Å². The van der Waals surface area contributed by atoms with Gasteiger partial charge in [0, 0.05) is 27.8 Å². The fraction of sp³-hybridized carbons (Fsp3) is 0.174. The summed E-state index contributed by atoms with van der Waals surface area (Å²) in [6.07, 6.45) is 0. The normalized spacial score (nSPS) is 11.0. The van der Waals surface area contributed by atoms with Gasteiger partial charge in [-0.1, -0.05) is 42.1 Å². The maximum absolute atomic E-state index is 12.8. The monoisotopic (exact) mass is 436 g/mol. The molecule has 152 valence electrons. The van der Waals surface area contributed by atoms with Gasteiger partial charge >= 0.3 is 0 Å². The van der Waals surface area contributed by atoms with Crippen molar-refractivity contribution in [2.24, 2.45) is 0 Å². The molecule has 4 aromatic rings. The zero-order valence-electron chi connectivity index (χ0n) is 16.6. The van der Waals surface area contributed by atoms with Crippen LogP contribution in [-0.2, 0) is 5.75 Å². The molecule has 1 N–H and O–H groups in total. The lowest BCUT2D eigenvalue weighted by Gasteiger charge is -2.11. The van der Waals surface area contributed by atoms with Crippen molar-refractivity contribution in [2.45, 2.75) is 24.8 Å². The quantitative estimate of drug-likeness (QED) is 0.234. The molecule has 0 amide bonds. The van der Waals surface area contributed by atoms with Gasteiger partial charge in [0.2, 0.25) is 0 Å². The third kappa shape index (κ3) is 4.17. The van der Waals surface area contributed by atoms with Gasteiger partial charge in [-0.15, -0.1) is 11.3 Å². The minimum Gasteiger partial charge on any atom is -0.494 e. The zero-order valence-corrected chi connectivity index (χ0v) is 18.2. The summed E-state index contributed by atoms with van der Waals surface area (Å²) in [4.78, 5) is 32.8. The van der Waals surface area contributed by atoms with E-state index in [2.05, 4.69) is 9.97 Å². The Bertz CT molecular complexity index is 1260. The average Bonchev–Trinajstić information content (AvgIpc) is 3.18. The first-order valence-corrected chi connectivity index (χ1v) is 11.4. The Morgan fingerprint density at radius 3 is 2.73 bits per heavy atom. The molecule has 2 aromatic heterocycles. The SMILES string of the molecule is CCOc1ccc(C(C)=O)cc1CSc1nc2scc(-c3ccccc3)c2c(=O)[nH]1. The fourth-order valence-corrected chi connectivity index (χ4v) is 5.03. The summed E-state index contributed by atoms with van der Waals surface area (Å²) in [6.45, 7) is 4.00. The summed E-state index contributed by atoms with van der Waals surface area (Å²) < 4.78 is 5.69. The Balaban J connectivity index is 1.64. The van der Waals surface area contributed by atoms with E-state index in [4.69, 9.17) is 4.74 Å². The number of aromatic nitrogens is 2. The molecular formula is C23H20N2O3S2. The molecule has 30 heavy (non-hydrogen) atoms. The van der Waals surface area contributed by atoms with Crippen molar-refractivity contribution in [3.05, 3.63) is 75.4 Å². The number of benzene rings is 2. The van der Waals surface area contributed by atoms with E-state index in [1.54, 1.807) is 13.0 Å². The second-order valence-corrected chi connectivity index (χ2v) is 8.49. The van der Waals surface area contributed by atoms with Crippen LogP contribution in [0.5, 0.6) is 5.75 Å². The van der Waals surface area contributed by atoms with E-state index in [1.807, 2.05) is 54.8 Å². The number of nitrogens with zero attached hydrogens (tertiary/aromatic N) is 1. The highest BCUT2D eigenvalue weighted by atomic mass is 32.2. The van der Waals surface area contributed by atoms with E-state index in [-0.39, 0.29) is 11.3 Å². The minimum absolute atomic E-state index is 0.00396. The van der Waals surface area contributed by atoms with Gasteiger partial charge in [0.05, 0.1) is 12.0 Å². The third-order valence-electron chi connectivity index (χ3n) is 4.64. The summed E-state index contributed by atoms with van der Waals surface area (Å²) in [5.74, 6) is 1.27. The highest BCUT2D eigenvalue weighted by Crippen LogP contribution is 2.32. The lowest BCUT2D eigenvalue weighted by molar-refractivity contribution is 0.101. The van der Waals surface area contributed by atoms with E-state index in [0.29, 0.717) is 33.3 Å². The summed E-state index contributed by atoms with van der Waals surface area (Å²) in [5, 5.41) is 3.13. The lowest BCUT2D eigenvalue weighted by atomic mass is 10.1. The maximum Gasteiger partial charge on any atom is 0.260 e. The van der Waals surface area contributed by atoms with Crippen LogP contribution in [-0.4, -0.2) is 22.4 Å². The summed E-state index contributed by atoms with van der Waals surface area (Å²) in [5.41, 5.74) is 3.28.